The Kier molecular flexibility index (Phi) is 6.40. The van der Waals surface area contributed by atoms with E-state index in [2.05, 4.69) is 10.6 Å². The molecular formula is C14H24ClN3O5S. The molecule has 3 amide bonds. The molecule has 8 nitrogen and oxygen atoms in total. The molecule has 2 aliphatic rings. The number of hydrogen-bond donors (Lipinski definition) is 2. The highest BCUT2D eigenvalue weighted by molar-refractivity contribution is 7.92. The molecule has 10 heteroatoms. The van der Waals surface area contributed by atoms with E-state index in [1.165, 1.54) is 0 Å². The second-order valence-electron chi connectivity index (χ2n) is 6.44. The first kappa shape index (κ1) is 20.9. The van der Waals surface area contributed by atoms with Gasteiger partial charge in [-0.3, -0.25) is 19.3 Å². The summed E-state index contributed by atoms with van der Waals surface area (Å²) >= 11 is 0. The molecule has 0 spiro atoms. The summed E-state index contributed by atoms with van der Waals surface area (Å²) in [7, 11) is -3.65. The molecule has 138 valence electrons. The van der Waals surface area contributed by atoms with Gasteiger partial charge in [-0.15, -0.1) is 12.4 Å². The highest BCUT2D eigenvalue weighted by atomic mass is 35.5. The van der Waals surface area contributed by atoms with Gasteiger partial charge in [0.2, 0.25) is 11.8 Å². The topological polar surface area (TPSA) is 113 Å². The van der Waals surface area contributed by atoms with E-state index in [1.54, 1.807) is 13.8 Å². The number of amides is 3. The smallest absolute Gasteiger partial charge is 0.252 e. The van der Waals surface area contributed by atoms with Crippen molar-refractivity contribution in [1.29, 1.82) is 0 Å². The highest BCUT2D eigenvalue weighted by Crippen LogP contribution is 2.29. The van der Waals surface area contributed by atoms with Crippen LogP contribution in [0.2, 0.25) is 0 Å². The predicted octanol–water partition coefficient (Wildman–Crippen LogP) is -0.773. The largest absolute Gasteiger partial charge is 0.342 e. The van der Waals surface area contributed by atoms with Gasteiger partial charge in [0, 0.05) is 12.3 Å². The van der Waals surface area contributed by atoms with Crippen LogP contribution in [0.1, 0.15) is 33.1 Å². The second-order valence-corrected chi connectivity index (χ2v) is 8.77. The molecule has 24 heavy (non-hydrogen) atoms. The van der Waals surface area contributed by atoms with Crippen molar-refractivity contribution in [2.24, 2.45) is 0 Å². The van der Waals surface area contributed by atoms with E-state index in [1.807, 2.05) is 0 Å². The minimum atomic E-state index is -3.65. The number of hydrogen-bond acceptors (Lipinski definition) is 6. The summed E-state index contributed by atoms with van der Waals surface area (Å²) in [6, 6.07) is -1.27. The van der Waals surface area contributed by atoms with E-state index in [0.717, 1.165) is 11.2 Å². The van der Waals surface area contributed by atoms with Crippen molar-refractivity contribution < 1.29 is 22.8 Å². The number of carbonyl (C=O) groups is 3. The molecule has 2 aliphatic heterocycles. The Morgan fingerprint density at radius 2 is 1.83 bits per heavy atom. The van der Waals surface area contributed by atoms with Crippen LogP contribution < -0.4 is 10.6 Å². The van der Waals surface area contributed by atoms with Crippen LogP contribution in [0.4, 0.5) is 0 Å². The third-order valence-corrected chi connectivity index (χ3v) is 6.55. The average molecular weight is 382 g/mol. The lowest BCUT2D eigenvalue weighted by Crippen LogP contribution is -2.59. The minimum Gasteiger partial charge on any atom is -0.342 e. The molecule has 0 radical (unpaired) electrons. The van der Waals surface area contributed by atoms with Gasteiger partial charge < -0.3 is 10.6 Å². The number of rotatable bonds is 4. The van der Waals surface area contributed by atoms with Crippen molar-refractivity contribution in [3.8, 4) is 0 Å². The average Bonchev–Trinajstić information content (AvgIpc) is 2.72. The molecule has 2 fully saturated rings. The number of carbonyl (C=O) groups excluding carboxylic acids is 3. The first-order chi connectivity index (χ1) is 10.6. The minimum absolute atomic E-state index is 0. The van der Waals surface area contributed by atoms with Gasteiger partial charge in [0.15, 0.2) is 14.6 Å². The zero-order valence-electron chi connectivity index (χ0n) is 14.0. The second kappa shape index (κ2) is 7.37. The molecule has 0 bridgehead atoms. The van der Waals surface area contributed by atoms with Gasteiger partial charge in [-0.05, 0) is 39.8 Å². The molecule has 2 heterocycles. The quantitative estimate of drug-likeness (QED) is 0.618. The molecule has 0 aliphatic carbocycles. The molecule has 0 aromatic heterocycles. The van der Waals surface area contributed by atoms with Crippen LogP contribution in [0.15, 0.2) is 0 Å². The van der Waals surface area contributed by atoms with Crippen LogP contribution in [0.25, 0.3) is 0 Å². The fraction of sp³-hybridized carbons (Fsp3) is 0.786. The van der Waals surface area contributed by atoms with Crippen molar-refractivity contribution in [2.45, 2.75) is 49.9 Å². The number of nitrogens with zero attached hydrogens (tertiary/aromatic N) is 1. The van der Waals surface area contributed by atoms with Crippen LogP contribution in [-0.4, -0.2) is 67.2 Å². The van der Waals surface area contributed by atoms with Gasteiger partial charge in [-0.25, -0.2) is 8.42 Å². The maximum atomic E-state index is 12.7. The van der Waals surface area contributed by atoms with E-state index >= 15 is 0 Å². The number of halogens is 1. The summed E-state index contributed by atoms with van der Waals surface area (Å²) in [5.74, 6) is -1.51. The molecule has 1 atom stereocenters. The summed E-state index contributed by atoms with van der Waals surface area (Å²) in [4.78, 5) is 37.9. The summed E-state index contributed by atoms with van der Waals surface area (Å²) in [5, 5.41) is 5.53. The summed E-state index contributed by atoms with van der Waals surface area (Å²) < 4.78 is 22.8. The molecule has 0 aromatic carbocycles. The zero-order chi connectivity index (χ0) is 17.4. The molecule has 2 N–H and O–H groups in total. The number of imide groups is 1. The fourth-order valence-electron chi connectivity index (χ4n) is 3.19. The lowest BCUT2D eigenvalue weighted by Gasteiger charge is -2.35. The van der Waals surface area contributed by atoms with Crippen molar-refractivity contribution in [3.05, 3.63) is 0 Å². The predicted molar refractivity (Wildman–Crippen MR) is 90.5 cm³/mol. The SMILES string of the molecule is CC(C)N1C(=O)CC(NC(=O)C2(S(C)(=O)=O)CCNCC2)C1=O.Cl. The first-order valence-electron chi connectivity index (χ1n) is 7.67. The summed E-state index contributed by atoms with van der Waals surface area (Å²) in [6.07, 6.45) is 1.22. The van der Waals surface area contributed by atoms with Gasteiger partial charge in [0.1, 0.15) is 6.04 Å². The van der Waals surface area contributed by atoms with Crippen molar-refractivity contribution >= 4 is 40.0 Å². The lowest BCUT2D eigenvalue weighted by molar-refractivity contribution is -0.141. The maximum Gasteiger partial charge on any atom is 0.252 e. The third kappa shape index (κ3) is 3.57. The summed E-state index contributed by atoms with van der Waals surface area (Å²) in [6.45, 7) is 4.25. The van der Waals surface area contributed by atoms with Crippen molar-refractivity contribution in [3.63, 3.8) is 0 Å². The van der Waals surface area contributed by atoms with E-state index in [0.29, 0.717) is 13.1 Å². The Balaban J connectivity index is 0.00000288. The normalized spacial score (nSPS) is 24.0. The van der Waals surface area contributed by atoms with Gasteiger partial charge in [-0.1, -0.05) is 0 Å². The lowest BCUT2D eigenvalue weighted by atomic mass is 9.95. The number of likely N-dealkylation sites (tertiary alicyclic amines) is 1. The van der Waals surface area contributed by atoms with Gasteiger partial charge in [0.25, 0.3) is 5.91 Å². The van der Waals surface area contributed by atoms with Crippen LogP contribution in [0, 0.1) is 0 Å². The summed E-state index contributed by atoms with van der Waals surface area (Å²) in [5.41, 5.74) is 0. The monoisotopic (exact) mass is 381 g/mol. The van der Waals surface area contributed by atoms with E-state index in [9.17, 15) is 22.8 Å². The zero-order valence-corrected chi connectivity index (χ0v) is 15.6. The third-order valence-electron chi connectivity index (χ3n) is 4.54. The fourth-order valence-corrected chi connectivity index (χ4v) is 4.53. The van der Waals surface area contributed by atoms with Gasteiger partial charge in [-0.2, -0.15) is 0 Å². The van der Waals surface area contributed by atoms with Crippen LogP contribution in [-0.2, 0) is 24.2 Å². The van der Waals surface area contributed by atoms with Gasteiger partial charge in [0.05, 0.1) is 6.42 Å². The number of nitrogens with one attached hydrogen (secondary N) is 2. The number of sulfone groups is 1. The van der Waals surface area contributed by atoms with E-state index < -0.39 is 32.4 Å². The Hall–Kier alpha value is -1.19. The molecule has 2 rings (SSSR count). The molecule has 0 aromatic rings. The Morgan fingerprint density at radius 3 is 2.25 bits per heavy atom. The van der Waals surface area contributed by atoms with Crippen LogP contribution in [0.5, 0.6) is 0 Å². The molecule has 0 saturated carbocycles. The van der Waals surface area contributed by atoms with E-state index in [4.69, 9.17) is 0 Å². The van der Waals surface area contributed by atoms with E-state index in [-0.39, 0.29) is 43.6 Å². The van der Waals surface area contributed by atoms with Crippen molar-refractivity contribution in [1.82, 2.24) is 15.5 Å². The standard InChI is InChI=1S/C14H23N3O5S.ClH/c1-9(2)17-11(18)8-10(12(17)19)16-13(20)14(23(3,21)22)4-6-15-7-5-14;/h9-10,15H,4-8H2,1-3H3,(H,16,20);1H. The Morgan fingerprint density at radius 1 is 1.29 bits per heavy atom. The Labute approximate surface area is 148 Å². The van der Waals surface area contributed by atoms with Crippen LogP contribution in [0.3, 0.4) is 0 Å². The highest BCUT2D eigenvalue weighted by Gasteiger charge is 2.51. The maximum absolute atomic E-state index is 12.7. The molecule has 2 saturated heterocycles. The Bertz CT molecular complexity index is 628. The van der Waals surface area contributed by atoms with Crippen molar-refractivity contribution in [2.75, 3.05) is 19.3 Å². The number of piperidine rings is 1. The van der Waals surface area contributed by atoms with Crippen LogP contribution >= 0.6 is 12.4 Å². The first-order valence-corrected chi connectivity index (χ1v) is 9.56. The molecule has 1 unspecified atom stereocenters. The van der Waals surface area contributed by atoms with Gasteiger partial charge >= 0.3 is 0 Å². The molecular weight excluding hydrogens is 358 g/mol.